The van der Waals surface area contributed by atoms with E-state index in [0.717, 1.165) is 13.0 Å². The Balaban J connectivity index is 4.40. The zero-order valence-electron chi connectivity index (χ0n) is 12.5. The SMILES string of the molecule is CCN(CC(=O)NC(C)COC)C(C)(CC)CN. The summed E-state index contributed by atoms with van der Waals surface area (Å²) >= 11 is 0. The highest BCUT2D eigenvalue weighted by molar-refractivity contribution is 5.78. The van der Waals surface area contributed by atoms with Crippen LogP contribution in [0.25, 0.3) is 0 Å². The fraction of sp³-hybridized carbons (Fsp3) is 0.923. The minimum atomic E-state index is -0.114. The van der Waals surface area contributed by atoms with Crippen LogP contribution in [0.5, 0.6) is 0 Å². The quantitative estimate of drug-likeness (QED) is 0.636. The number of amides is 1. The van der Waals surface area contributed by atoms with Gasteiger partial charge < -0.3 is 15.8 Å². The number of hydrogen-bond donors (Lipinski definition) is 2. The number of ether oxygens (including phenoxy) is 1. The van der Waals surface area contributed by atoms with Gasteiger partial charge in [0.15, 0.2) is 0 Å². The Hall–Kier alpha value is -0.650. The van der Waals surface area contributed by atoms with Gasteiger partial charge in [-0.25, -0.2) is 0 Å². The van der Waals surface area contributed by atoms with Crippen molar-refractivity contribution in [1.29, 1.82) is 0 Å². The molecule has 0 bridgehead atoms. The lowest BCUT2D eigenvalue weighted by Crippen LogP contribution is -2.55. The van der Waals surface area contributed by atoms with Crippen LogP contribution in [0.1, 0.15) is 34.1 Å². The highest BCUT2D eigenvalue weighted by Crippen LogP contribution is 2.17. The molecule has 0 saturated carbocycles. The van der Waals surface area contributed by atoms with Crippen LogP contribution < -0.4 is 11.1 Å². The zero-order chi connectivity index (χ0) is 14.2. The number of nitrogens with two attached hydrogens (primary N) is 1. The molecule has 0 aliphatic rings. The van der Waals surface area contributed by atoms with Crippen LogP contribution in [0, 0.1) is 0 Å². The van der Waals surface area contributed by atoms with Gasteiger partial charge in [-0.2, -0.15) is 0 Å². The lowest BCUT2D eigenvalue weighted by atomic mass is 9.96. The molecule has 108 valence electrons. The van der Waals surface area contributed by atoms with Crippen LogP contribution in [-0.4, -0.2) is 55.7 Å². The molecule has 0 aliphatic heterocycles. The third-order valence-corrected chi connectivity index (χ3v) is 3.51. The predicted molar refractivity (Wildman–Crippen MR) is 74.5 cm³/mol. The number of methoxy groups -OCH3 is 1. The lowest BCUT2D eigenvalue weighted by Gasteiger charge is -2.39. The van der Waals surface area contributed by atoms with Gasteiger partial charge in [-0.15, -0.1) is 0 Å². The summed E-state index contributed by atoms with van der Waals surface area (Å²) < 4.78 is 5.00. The Kier molecular flexibility index (Phi) is 8.15. The van der Waals surface area contributed by atoms with Crippen molar-refractivity contribution in [3.63, 3.8) is 0 Å². The standard InChI is InChI=1S/C13H29N3O2/c1-6-13(4,10-14)16(7-2)8-12(17)15-11(3)9-18-5/h11H,6-10,14H2,1-5H3,(H,15,17). The molecule has 5 nitrogen and oxygen atoms in total. The number of carbonyl (C=O) groups excluding carboxylic acids is 1. The van der Waals surface area contributed by atoms with Crippen molar-refractivity contribution < 1.29 is 9.53 Å². The Labute approximate surface area is 111 Å². The third kappa shape index (κ3) is 5.33. The van der Waals surface area contributed by atoms with Gasteiger partial charge in [-0.1, -0.05) is 13.8 Å². The average molecular weight is 259 g/mol. The van der Waals surface area contributed by atoms with Crippen molar-refractivity contribution in [1.82, 2.24) is 10.2 Å². The van der Waals surface area contributed by atoms with E-state index in [2.05, 4.69) is 31.0 Å². The lowest BCUT2D eigenvalue weighted by molar-refractivity contribution is -0.124. The summed E-state index contributed by atoms with van der Waals surface area (Å²) in [6, 6.07) is 0.0342. The van der Waals surface area contributed by atoms with E-state index >= 15 is 0 Å². The minimum Gasteiger partial charge on any atom is -0.383 e. The third-order valence-electron chi connectivity index (χ3n) is 3.51. The highest BCUT2D eigenvalue weighted by Gasteiger charge is 2.29. The van der Waals surface area contributed by atoms with E-state index in [9.17, 15) is 4.79 Å². The highest BCUT2D eigenvalue weighted by atomic mass is 16.5. The summed E-state index contributed by atoms with van der Waals surface area (Å²) in [6.45, 7) is 10.5. The fourth-order valence-electron chi connectivity index (χ4n) is 1.97. The van der Waals surface area contributed by atoms with E-state index < -0.39 is 0 Å². The van der Waals surface area contributed by atoms with Gasteiger partial charge >= 0.3 is 0 Å². The van der Waals surface area contributed by atoms with Crippen molar-refractivity contribution in [2.24, 2.45) is 5.73 Å². The number of carbonyl (C=O) groups is 1. The van der Waals surface area contributed by atoms with Crippen LogP contribution in [0.15, 0.2) is 0 Å². The Bertz CT molecular complexity index is 242. The maximum Gasteiger partial charge on any atom is 0.234 e. The van der Waals surface area contributed by atoms with Crippen LogP contribution in [0.4, 0.5) is 0 Å². The molecule has 3 N–H and O–H groups in total. The molecular formula is C13H29N3O2. The summed E-state index contributed by atoms with van der Waals surface area (Å²) in [7, 11) is 1.63. The number of likely N-dealkylation sites (N-methyl/N-ethyl adjacent to an activating group) is 1. The van der Waals surface area contributed by atoms with E-state index in [1.807, 2.05) is 6.92 Å². The largest absolute Gasteiger partial charge is 0.383 e. The maximum atomic E-state index is 11.9. The second kappa shape index (κ2) is 8.45. The molecule has 2 unspecified atom stereocenters. The average Bonchev–Trinajstić information content (AvgIpc) is 2.35. The second-order valence-electron chi connectivity index (χ2n) is 4.99. The zero-order valence-corrected chi connectivity index (χ0v) is 12.5. The molecule has 0 aromatic heterocycles. The predicted octanol–water partition coefficient (Wildman–Crippen LogP) is 0.587. The van der Waals surface area contributed by atoms with Gasteiger partial charge in [-0.3, -0.25) is 9.69 Å². The summed E-state index contributed by atoms with van der Waals surface area (Å²) in [5.74, 6) is 0.0227. The van der Waals surface area contributed by atoms with Crippen LogP contribution in [0.2, 0.25) is 0 Å². The number of hydrogen-bond acceptors (Lipinski definition) is 4. The monoisotopic (exact) mass is 259 g/mol. The molecule has 5 heteroatoms. The van der Waals surface area contributed by atoms with Gasteiger partial charge in [0.1, 0.15) is 0 Å². The number of nitrogens with one attached hydrogen (secondary N) is 1. The summed E-state index contributed by atoms with van der Waals surface area (Å²) in [5.41, 5.74) is 5.71. The second-order valence-corrected chi connectivity index (χ2v) is 4.99. The molecule has 0 heterocycles. The first-order valence-corrected chi connectivity index (χ1v) is 6.66. The Morgan fingerprint density at radius 1 is 1.50 bits per heavy atom. The summed E-state index contributed by atoms with van der Waals surface area (Å²) in [4.78, 5) is 14.1. The molecule has 0 aromatic rings. The van der Waals surface area contributed by atoms with E-state index in [0.29, 0.717) is 19.7 Å². The van der Waals surface area contributed by atoms with Gasteiger partial charge in [0.2, 0.25) is 5.91 Å². The molecule has 18 heavy (non-hydrogen) atoms. The molecule has 0 aliphatic carbocycles. The Morgan fingerprint density at radius 3 is 2.50 bits per heavy atom. The maximum absolute atomic E-state index is 11.9. The molecule has 0 radical (unpaired) electrons. The molecule has 0 saturated heterocycles. The number of rotatable bonds is 9. The smallest absolute Gasteiger partial charge is 0.234 e. The first kappa shape index (κ1) is 17.4. The molecular weight excluding hydrogens is 230 g/mol. The van der Waals surface area contributed by atoms with Crippen molar-refractivity contribution in [2.75, 3.05) is 33.4 Å². The van der Waals surface area contributed by atoms with Gasteiger partial charge in [0.25, 0.3) is 0 Å². The van der Waals surface area contributed by atoms with E-state index in [-0.39, 0.29) is 17.5 Å². The van der Waals surface area contributed by atoms with E-state index in [1.54, 1.807) is 7.11 Å². The van der Waals surface area contributed by atoms with Gasteiger partial charge in [0.05, 0.1) is 13.2 Å². The van der Waals surface area contributed by atoms with Crippen LogP contribution in [0.3, 0.4) is 0 Å². The molecule has 0 spiro atoms. The topological polar surface area (TPSA) is 67.6 Å². The van der Waals surface area contributed by atoms with E-state index in [1.165, 1.54) is 0 Å². The Morgan fingerprint density at radius 2 is 2.11 bits per heavy atom. The van der Waals surface area contributed by atoms with Gasteiger partial charge in [-0.05, 0) is 26.8 Å². The van der Waals surface area contributed by atoms with Crippen molar-refractivity contribution in [3.05, 3.63) is 0 Å². The fourth-order valence-corrected chi connectivity index (χ4v) is 1.97. The van der Waals surface area contributed by atoms with Crippen molar-refractivity contribution >= 4 is 5.91 Å². The summed E-state index contributed by atoms with van der Waals surface area (Å²) in [5, 5.41) is 2.92. The van der Waals surface area contributed by atoms with Crippen LogP contribution in [-0.2, 0) is 9.53 Å². The molecule has 2 atom stereocenters. The first-order valence-electron chi connectivity index (χ1n) is 6.66. The normalized spacial score (nSPS) is 16.4. The van der Waals surface area contributed by atoms with Crippen LogP contribution >= 0.6 is 0 Å². The van der Waals surface area contributed by atoms with Gasteiger partial charge in [0, 0.05) is 25.2 Å². The van der Waals surface area contributed by atoms with E-state index in [4.69, 9.17) is 10.5 Å². The molecule has 1 amide bonds. The molecule has 0 aromatic carbocycles. The number of nitrogens with zero attached hydrogens (tertiary/aromatic N) is 1. The molecule has 0 fully saturated rings. The first-order chi connectivity index (χ1) is 8.43. The minimum absolute atomic E-state index is 0.0227. The van der Waals surface area contributed by atoms with Crippen molar-refractivity contribution in [2.45, 2.75) is 45.7 Å². The van der Waals surface area contributed by atoms with Crippen molar-refractivity contribution in [3.8, 4) is 0 Å². The summed E-state index contributed by atoms with van der Waals surface area (Å²) in [6.07, 6.45) is 0.929. The molecule has 0 rings (SSSR count).